The fourth-order valence-corrected chi connectivity index (χ4v) is 3.43. The Hall–Kier alpha value is -1.38. The van der Waals surface area contributed by atoms with Crippen LogP contribution in [0, 0.1) is 5.92 Å². The summed E-state index contributed by atoms with van der Waals surface area (Å²) in [6.45, 7) is 2.42. The Morgan fingerprint density at radius 1 is 1.41 bits per heavy atom. The number of anilines is 2. The highest BCUT2D eigenvalue weighted by Crippen LogP contribution is 2.21. The Kier molecular flexibility index (Phi) is 6.58. The first kappa shape index (κ1) is 18.7. The Bertz CT molecular complexity index is 598. The molecule has 7 nitrogen and oxygen atoms in total. The molecule has 1 aliphatic rings. The van der Waals surface area contributed by atoms with Gasteiger partial charge in [0.25, 0.3) is 0 Å². The van der Waals surface area contributed by atoms with E-state index >= 15 is 0 Å². The van der Waals surface area contributed by atoms with Crippen LogP contribution >= 0.6 is 12.4 Å². The first-order valence-corrected chi connectivity index (χ1v) is 8.53. The largest absolute Gasteiger partial charge is 0.384 e. The maximum absolute atomic E-state index is 12.1. The van der Waals surface area contributed by atoms with Gasteiger partial charge in [0.1, 0.15) is 5.82 Å². The zero-order valence-corrected chi connectivity index (χ0v) is 14.0. The molecule has 1 fully saturated rings. The van der Waals surface area contributed by atoms with Gasteiger partial charge in [-0.2, -0.15) is 0 Å². The molecule has 2 rings (SSSR count). The molecule has 9 heteroatoms. The second kappa shape index (κ2) is 7.75. The summed E-state index contributed by atoms with van der Waals surface area (Å²) in [5.41, 5.74) is 6.08. The molecule has 0 unspecified atom stereocenters. The molecule has 1 aromatic heterocycles. The number of nitrogens with one attached hydrogen (secondary N) is 1. The summed E-state index contributed by atoms with van der Waals surface area (Å²) < 4.78 is 25.0. The zero-order valence-electron chi connectivity index (χ0n) is 12.4. The van der Waals surface area contributed by atoms with E-state index in [1.165, 1.54) is 10.5 Å². The minimum atomic E-state index is -3.16. The summed E-state index contributed by atoms with van der Waals surface area (Å²) in [5, 5.41) is 2.78. The number of hydrogen-bond donors (Lipinski definition) is 2. The summed E-state index contributed by atoms with van der Waals surface area (Å²) in [6.07, 6.45) is 2.57. The molecule has 2 heterocycles. The van der Waals surface area contributed by atoms with E-state index in [9.17, 15) is 13.2 Å². The summed E-state index contributed by atoms with van der Waals surface area (Å²) in [6, 6.07) is 3.31. The van der Waals surface area contributed by atoms with Crippen molar-refractivity contribution in [2.45, 2.75) is 19.8 Å². The number of sulfonamides is 1. The molecule has 1 saturated heterocycles. The van der Waals surface area contributed by atoms with E-state index in [0.717, 1.165) is 0 Å². The van der Waals surface area contributed by atoms with Crippen LogP contribution in [0.2, 0.25) is 0 Å². The van der Waals surface area contributed by atoms with Gasteiger partial charge in [-0.3, -0.25) is 4.79 Å². The summed E-state index contributed by atoms with van der Waals surface area (Å²) in [7, 11) is -3.16. The average Bonchev–Trinajstić information content (AvgIpc) is 2.49. The average molecular weight is 349 g/mol. The van der Waals surface area contributed by atoms with Gasteiger partial charge in [-0.05, 0) is 31.9 Å². The lowest BCUT2D eigenvalue weighted by Crippen LogP contribution is -2.42. The number of pyridine rings is 1. The van der Waals surface area contributed by atoms with Gasteiger partial charge in [0.05, 0.1) is 17.6 Å². The van der Waals surface area contributed by atoms with Crippen LogP contribution in [0.4, 0.5) is 11.5 Å². The van der Waals surface area contributed by atoms with E-state index < -0.39 is 10.0 Å². The number of nitrogens with zero attached hydrogens (tertiary/aromatic N) is 2. The molecule has 0 atom stereocenters. The maximum Gasteiger partial charge on any atom is 0.227 e. The molecule has 1 aromatic rings. The van der Waals surface area contributed by atoms with Gasteiger partial charge in [-0.25, -0.2) is 17.7 Å². The van der Waals surface area contributed by atoms with Crippen LogP contribution in [0.3, 0.4) is 0 Å². The van der Waals surface area contributed by atoms with E-state index in [4.69, 9.17) is 5.73 Å². The van der Waals surface area contributed by atoms with Crippen molar-refractivity contribution >= 4 is 39.8 Å². The molecular weight excluding hydrogens is 328 g/mol. The molecule has 0 aromatic carbocycles. The second-order valence-electron chi connectivity index (χ2n) is 5.03. The third-order valence-corrected chi connectivity index (χ3v) is 5.52. The lowest BCUT2D eigenvalue weighted by molar-refractivity contribution is -0.120. The van der Waals surface area contributed by atoms with Crippen molar-refractivity contribution in [2.24, 2.45) is 5.92 Å². The van der Waals surface area contributed by atoms with Crippen LogP contribution in [0.5, 0.6) is 0 Å². The van der Waals surface area contributed by atoms with Crippen LogP contribution in [0.1, 0.15) is 19.8 Å². The quantitative estimate of drug-likeness (QED) is 0.847. The normalized spacial score (nSPS) is 16.8. The standard InChI is InChI=1S/C13H20N4O3S.ClH/c1-2-21(19,20)17-7-5-10(6-8-17)13(18)16-11-3-4-12(14)15-9-11;/h3-4,9-10H,2,5-8H2,1H3,(H2,14,15)(H,16,18);1H. The Labute approximate surface area is 136 Å². The molecule has 22 heavy (non-hydrogen) atoms. The number of amides is 1. The number of rotatable bonds is 4. The minimum absolute atomic E-state index is 0. The van der Waals surface area contributed by atoms with E-state index in [-0.39, 0.29) is 30.0 Å². The number of carbonyl (C=O) groups is 1. The fraction of sp³-hybridized carbons (Fsp3) is 0.538. The summed E-state index contributed by atoms with van der Waals surface area (Å²) >= 11 is 0. The lowest BCUT2D eigenvalue weighted by Gasteiger charge is -2.30. The number of halogens is 1. The zero-order chi connectivity index (χ0) is 15.5. The number of aromatic nitrogens is 1. The van der Waals surface area contributed by atoms with Gasteiger partial charge in [-0.15, -0.1) is 12.4 Å². The van der Waals surface area contributed by atoms with E-state index in [1.54, 1.807) is 19.1 Å². The van der Waals surface area contributed by atoms with Gasteiger partial charge >= 0.3 is 0 Å². The fourth-order valence-electron chi connectivity index (χ4n) is 2.30. The summed E-state index contributed by atoms with van der Waals surface area (Å²) in [5.74, 6) is 0.216. The lowest BCUT2D eigenvalue weighted by atomic mass is 9.97. The molecule has 0 aliphatic carbocycles. The van der Waals surface area contributed by atoms with Gasteiger partial charge in [0.15, 0.2) is 0 Å². The summed E-state index contributed by atoms with van der Waals surface area (Å²) in [4.78, 5) is 16.0. The van der Waals surface area contributed by atoms with Gasteiger partial charge in [-0.1, -0.05) is 0 Å². The number of carbonyl (C=O) groups excluding carboxylic acids is 1. The number of nitrogens with two attached hydrogens (primary N) is 1. The van der Waals surface area contributed by atoms with E-state index in [1.807, 2.05) is 0 Å². The molecular formula is C13H21ClN4O3S. The van der Waals surface area contributed by atoms with Crippen LogP contribution in [0.25, 0.3) is 0 Å². The van der Waals surface area contributed by atoms with Crippen molar-refractivity contribution in [3.8, 4) is 0 Å². The first-order valence-electron chi connectivity index (χ1n) is 6.92. The van der Waals surface area contributed by atoms with Crippen molar-refractivity contribution in [1.82, 2.24) is 9.29 Å². The van der Waals surface area contributed by atoms with Crippen molar-refractivity contribution in [3.63, 3.8) is 0 Å². The van der Waals surface area contributed by atoms with E-state index in [2.05, 4.69) is 10.3 Å². The highest BCUT2D eigenvalue weighted by atomic mass is 35.5. The molecule has 124 valence electrons. The van der Waals surface area contributed by atoms with Crippen LogP contribution in [-0.2, 0) is 14.8 Å². The second-order valence-corrected chi connectivity index (χ2v) is 7.29. The maximum atomic E-state index is 12.1. The van der Waals surface area contributed by atoms with Crippen molar-refractivity contribution in [2.75, 3.05) is 29.9 Å². The van der Waals surface area contributed by atoms with Gasteiger partial charge < -0.3 is 11.1 Å². The Morgan fingerprint density at radius 2 is 2.05 bits per heavy atom. The van der Waals surface area contributed by atoms with Crippen LogP contribution in [0.15, 0.2) is 18.3 Å². The molecule has 1 aliphatic heterocycles. The Balaban J connectivity index is 0.00000242. The highest BCUT2D eigenvalue weighted by molar-refractivity contribution is 7.89. The molecule has 0 bridgehead atoms. The number of piperidine rings is 1. The van der Waals surface area contributed by atoms with Gasteiger partial charge in [0, 0.05) is 19.0 Å². The minimum Gasteiger partial charge on any atom is -0.384 e. The predicted octanol–water partition coefficient (Wildman–Crippen LogP) is 1.09. The monoisotopic (exact) mass is 348 g/mol. The van der Waals surface area contributed by atoms with Crippen LogP contribution < -0.4 is 11.1 Å². The number of nitrogen functional groups attached to an aromatic ring is 1. The van der Waals surface area contributed by atoms with Crippen LogP contribution in [-0.4, -0.2) is 42.5 Å². The molecule has 0 spiro atoms. The van der Waals surface area contributed by atoms with Crippen molar-refractivity contribution < 1.29 is 13.2 Å². The predicted molar refractivity (Wildman–Crippen MR) is 88.3 cm³/mol. The van der Waals surface area contributed by atoms with E-state index in [0.29, 0.717) is 37.4 Å². The Morgan fingerprint density at radius 3 is 2.55 bits per heavy atom. The third-order valence-electron chi connectivity index (χ3n) is 3.64. The SMILES string of the molecule is CCS(=O)(=O)N1CCC(C(=O)Nc2ccc(N)nc2)CC1.Cl. The topological polar surface area (TPSA) is 105 Å². The molecule has 3 N–H and O–H groups in total. The highest BCUT2D eigenvalue weighted by Gasteiger charge is 2.30. The van der Waals surface area contributed by atoms with Gasteiger partial charge in [0.2, 0.25) is 15.9 Å². The smallest absolute Gasteiger partial charge is 0.227 e. The van der Waals surface area contributed by atoms with Crippen molar-refractivity contribution in [3.05, 3.63) is 18.3 Å². The molecule has 0 saturated carbocycles. The molecule has 0 radical (unpaired) electrons. The molecule has 1 amide bonds. The van der Waals surface area contributed by atoms with Crippen molar-refractivity contribution in [1.29, 1.82) is 0 Å². The number of hydrogen-bond acceptors (Lipinski definition) is 5. The first-order chi connectivity index (χ1) is 9.92. The third kappa shape index (κ3) is 4.56.